The summed E-state index contributed by atoms with van der Waals surface area (Å²) < 4.78 is 0. The van der Waals surface area contributed by atoms with Gasteiger partial charge in [0.15, 0.2) is 0 Å². The van der Waals surface area contributed by atoms with Crippen LogP contribution in [0.15, 0.2) is 0 Å². The fourth-order valence-electron chi connectivity index (χ4n) is 2.21. The Hall–Kier alpha value is -1.17. The smallest absolute Gasteiger partial charge is 0.306 e. The molecule has 0 unspecified atom stereocenters. The minimum atomic E-state index is -0.642. The summed E-state index contributed by atoms with van der Waals surface area (Å²) in [7, 11) is 0. The van der Waals surface area contributed by atoms with Crippen molar-refractivity contribution in [1.29, 1.82) is 0 Å². The quantitative estimate of drug-likeness (QED) is 0.862. The highest BCUT2D eigenvalue weighted by molar-refractivity contribution is 7.15. The molecular formula is C11H17N3O2S. The number of carboxylic acids is 1. The Kier molecular flexibility index (Phi) is 3.93. The fraction of sp³-hybridized carbons (Fsp3) is 0.727. The zero-order chi connectivity index (χ0) is 12.3. The molecule has 0 aromatic carbocycles. The zero-order valence-corrected chi connectivity index (χ0v) is 10.7. The molecule has 0 saturated heterocycles. The summed E-state index contributed by atoms with van der Waals surface area (Å²) >= 11 is 1.55. The van der Waals surface area contributed by atoms with Crippen molar-refractivity contribution in [2.24, 2.45) is 11.8 Å². The van der Waals surface area contributed by atoms with E-state index >= 15 is 0 Å². The Labute approximate surface area is 104 Å². The molecule has 1 aromatic rings. The van der Waals surface area contributed by atoms with E-state index in [0.717, 1.165) is 42.4 Å². The molecule has 1 saturated carbocycles. The van der Waals surface area contributed by atoms with Crippen molar-refractivity contribution >= 4 is 22.4 Å². The maximum absolute atomic E-state index is 10.8. The Morgan fingerprint density at radius 3 is 2.65 bits per heavy atom. The highest BCUT2D eigenvalue weighted by Gasteiger charge is 2.25. The number of nitrogens with zero attached hydrogens (tertiary/aromatic N) is 2. The lowest BCUT2D eigenvalue weighted by atomic mass is 9.82. The topological polar surface area (TPSA) is 75.1 Å². The number of hydrogen-bond donors (Lipinski definition) is 2. The average molecular weight is 255 g/mol. The minimum Gasteiger partial charge on any atom is -0.481 e. The number of hydrogen-bond acceptors (Lipinski definition) is 5. The van der Waals surface area contributed by atoms with Gasteiger partial charge in [-0.1, -0.05) is 11.3 Å². The van der Waals surface area contributed by atoms with Gasteiger partial charge < -0.3 is 10.4 Å². The first kappa shape index (κ1) is 12.3. The number of aryl methyl sites for hydroxylation is 1. The number of aliphatic carboxylic acids is 1. The summed E-state index contributed by atoms with van der Waals surface area (Å²) in [6, 6.07) is 0. The molecule has 0 bridgehead atoms. The van der Waals surface area contributed by atoms with Crippen LogP contribution in [-0.2, 0) is 4.79 Å². The van der Waals surface area contributed by atoms with E-state index in [0.29, 0.717) is 5.92 Å². The average Bonchev–Trinajstić information content (AvgIpc) is 2.73. The molecule has 1 aliphatic carbocycles. The van der Waals surface area contributed by atoms with E-state index in [-0.39, 0.29) is 5.92 Å². The minimum absolute atomic E-state index is 0.130. The monoisotopic (exact) mass is 255 g/mol. The van der Waals surface area contributed by atoms with Crippen LogP contribution in [-0.4, -0.2) is 27.8 Å². The van der Waals surface area contributed by atoms with E-state index in [2.05, 4.69) is 15.5 Å². The second kappa shape index (κ2) is 5.44. The van der Waals surface area contributed by atoms with Crippen LogP contribution in [0.25, 0.3) is 0 Å². The first-order valence-corrected chi connectivity index (χ1v) is 6.73. The summed E-state index contributed by atoms with van der Waals surface area (Å²) in [5.74, 6) is -0.207. The van der Waals surface area contributed by atoms with Crippen LogP contribution in [0, 0.1) is 18.8 Å². The van der Waals surface area contributed by atoms with Gasteiger partial charge in [-0.3, -0.25) is 4.79 Å². The molecule has 5 nitrogen and oxygen atoms in total. The predicted molar refractivity (Wildman–Crippen MR) is 66.2 cm³/mol. The summed E-state index contributed by atoms with van der Waals surface area (Å²) in [5, 5.41) is 22.0. The van der Waals surface area contributed by atoms with Crippen LogP contribution in [0.5, 0.6) is 0 Å². The Morgan fingerprint density at radius 2 is 2.12 bits per heavy atom. The summed E-state index contributed by atoms with van der Waals surface area (Å²) in [5.41, 5.74) is 0. The fourth-order valence-corrected chi connectivity index (χ4v) is 2.81. The van der Waals surface area contributed by atoms with Gasteiger partial charge in [0.1, 0.15) is 5.01 Å². The molecule has 17 heavy (non-hydrogen) atoms. The van der Waals surface area contributed by atoms with E-state index in [9.17, 15) is 4.79 Å². The van der Waals surface area contributed by atoms with Crippen molar-refractivity contribution in [3.05, 3.63) is 5.01 Å². The van der Waals surface area contributed by atoms with Gasteiger partial charge in [0.25, 0.3) is 0 Å². The summed E-state index contributed by atoms with van der Waals surface area (Å²) in [4.78, 5) is 10.8. The van der Waals surface area contributed by atoms with Crippen LogP contribution >= 0.6 is 11.3 Å². The number of carboxylic acid groups (broad SMARTS) is 1. The van der Waals surface area contributed by atoms with Crippen LogP contribution in [0.2, 0.25) is 0 Å². The van der Waals surface area contributed by atoms with Gasteiger partial charge in [0, 0.05) is 6.54 Å². The number of nitrogens with one attached hydrogen (secondary N) is 1. The van der Waals surface area contributed by atoms with Crippen molar-refractivity contribution in [1.82, 2.24) is 10.2 Å². The lowest BCUT2D eigenvalue weighted by Crippen LogP contribution is -2.25. The van der Waals surface area contributed by atoms with E-state index in [1.807, 2.05) is 6.92 Å². The second-order valence-electron chi connectivity index (χ2n) is 4.56. The third-order valence-corrected chi connectivity index (χ3v) is 4.06. The van der Waals surface area contributed by atoms with Crippen molar-refractivity contribution in [2.45, 2.75) is 32.6 Å². The Morgan fingerprint density at radius 1 is 1.41 bits per heavy atom. The molecule has 0 atom stereocenters. The normalized spacial score (nSPS) is 24.5. The van der Waals surface area contributed by atoms with Crippen molar-refractivity contribution in [3.63, 3.8) is 0 Å². The zero-order valence-electron chi connectivity index (χ0n) is 9.85. The van der Waals surface area contributed by atoms with E-state index in [4.69, 9.17) is 5.11 Å². The first-order chi connectivity index (χ1) is 8.15. The molecule has 0 amide bonds. The van der Waals surface area contributed by atoms with Crippen LogP contribution in [0.1, 0.15) is 30.7 Å². The highest BCUT2D eigenvalue weighted by Crippen LogP contribution is 2.29. The molecule has 0 aliphatic heterocycles. The molecule has 1 heterocycles. The van der Waals surface area contributed by atoms with Gasteiger partial charge in [-0.2, -0.15) is 0 Å². The molecule has 1 aromatic heterocycles. The predicted octanol–water partition coefficient (Wildman–Crippen LogP) is 2.15. The molecule has 0 radical (unpaired) electrons. The van der Waals surface area contributed by atoms with E-state index in [1.165, 1.54) is 0 Å². The molecule has 94 valence electrons. The van der Waals surface area contributed by atoms with Gasteiger partial charge in [0.2, 0.25) is 5.13 Å². The van der Waals surface area contributed by atoms with E-state index in [1.54, 1.807) is 11.3 Å². The van der Waals surface area contributed by atoms with Gasteiger partial charge in [-0.25, -0.2) is 0 Å². The third-order valence-electron chi connectivity index (χ3n) is 3.26. The van der Waals surface area contributed by atoms with Gasteiger partial charge in [-0.05, 0) is 38.5 Å². The lowest BCUT2D eigenvalue weighted by Gasteiger charge is -2.25. The number of anilines is 1. The SMILES string of the molecule is Cc1nnc(NCC2CCC(C(=O)O)CC2)s1. The first-order valence-electron chi connectivity index (χ1n) is 5.92. The van der Waals surface area contributed by atoms with E-state index < -0.39 is 5.97 Å². The van der Waals surface area contributed by atoms with Gasteiger partial charge in [-0.15, -0.1) is 10.2 Å². The van der Waals surface area contributed by atoms with Gasteiger partial charge >= 0.3 is 5.97 Å². The molecule has 1 fully saturated rings. The number of carbonyl (C=O) groups is 1. The molecular weight excluding hydrogens is 238 g/mol. The lowest BCUT2D eigenvalue weighted by molar-refractivity contribution is -0.143. The molecule has 0 spiro atoms. The Bertz CT molecular complexity index is 386. The van der Waals surface area contributed by atoms with Crippen LogP contribution in [0.4, 0.5) is 5.13 Å². The highest BCUT2D eigenvalue weighted by atomic mass is 32.1. The Balaban J connectivity index is 1.73. The summed E-state index contributed by atoms with van der Waals surface area (Å²) in [6.07, 6.45) is 3.58. The second-order valence-corrected chi connectivity index (χ2v) is 5.74. The molecule has 2 N–H and O–H groups in total. The van der Waals surface area contributed by atoms with Crippen molar-refractivity contribution in [3.8, 4) is 0 Å². The maximum Gasteiger partial charge on any atom is 0.306 e. The molecule has 2 rings (SSSR count). The maximum atomic E-state index is 10.8. The third kappa shape index (κ3) is 3.39. The summed E-state index contributed by atoms with van der Waals surface area (Å²) in [6.45, 7) is 2.81. The van der Waals surface area contributed by atoms with Crippen LogP contribution in [0.3, 0.4) is 0 Å². The van der Waals surface area contributed by atoms with Crippen molar-refractivity contribution < 1.29 is 9.90 Å². The molecule has 1 aliphatic rings. The number of aromatic nitrogens is 2. The number of rotatable bonds is 4. The van der Waals surface area contributed by atoms with Gasteiger partial charge in [0.05, 0.1) is 5.92 Å². The largest absolute Gasteiger partial charge is 0.481 e. The molecule has 6 heteroatoms. The van der Waals surface area contributed by atoms with Crippen LogP contribution < -0.4 is 5.32 Å². The standard InChI is InChI=1S/C11H17N3O2S/c1-7-13-14-11(17-7)12-6-8-2-4-9(5-3-8)10(15)16/h8-9H,2-6H2,1H3,(H,12,14)(H,15,16). The van der Waals surface area contributed by atoms with Crippen molar-refractivity contribution in [2.75, 3.05) is 11.9 Å².